The topological polar surface area (TPSA) is 78.0 Å². The first-order chi connectivity index (χ1) is 13.4. The van der Waals surface area contributed by atoms with E-state index in [1.165, 1.54) is 11.3 Å². The molecule has 0 aliphatic carbocycles. The van der Waals surface area contributed by atoms with E-state index >= 15 is 0 Å². The van der Waals surface area contributed by atoms with Gasteiger partial charge in [-0.3, -0.25) is 4.79 Å². The van der Waals surface area contributed by atoms with Crippen LogP contribution in [0.5, 0.6) is 0 Å². The summed E-state index contributed by atoms with van der Waals surface area (Å²) in [5, 5.41) is 2.72. The van der Waals surface area contributed by atoms with E-state index in [2.05, 4.69) is 4.98 Å². The third-order valence-electron chi connectivity index (χ3n) is 4.79. The number of benzene rings is 1. The zero-order chi connectivity index (χ0) is 19.7. The van der Waals surface area contributed by atoms with Crippen LogP contribution >= 0.6 is 11.3 Å². The third-order valence-corrected chi connectivity index (χ3v) is 5.55. The number of aromatic nitrogens is 1. The van der Waals surface area contributed by atoms with Crippen LogP contribution in [0, 0.1) is 0 Å². The molecule has 0 spiro atoms. The minimum Gasteiger partial charge on any atom is -0.453 e. The molecule has 3 heterocycles. The molecular formula is C20H22N2O5S. The summed E-state index contributed by atoms with van der Waals surface area (Å²) in [6.45, 7) is 4.92. The normalized spacial score (nSPS) is 22.7. The Labute approximate surface area is 167 Å². The number of amides is 1. The lowest BCUT2D eigenvalue weighted by Gasteiger charge is -2.26. The molecule has 4 rings (SSSR count). The average Bonchev–Trinajstić information content (AvgIpc) is 3.36. The van der Waals surface area contributed by atoms with Crippen LogP contribution in [0.1, 0.15) is 47.3 Å². The lowest BCUT2D eigenvalue weighted by molar-refractivity contribution is -0.147. The van der Waals surface area contributed by atoms with Crippen molar-refractivity contribution in [1.29, 1.82) is 0 Å². The van der Waals surface area contributed by atoms with Crippen molar-refractivity contribution in [1.82, 2.24) is 9.88 Å². The van der Waals surface area contributed by atoms with Crippen LogP contribution in [0.2, 0.25) is 0 Å². The third kappa shape index (κ3) is 4.09. The second-order valence-electron chi connectivity index (χ2n) is 7.34. The predicted molar refractivity (Wildman–Crippen MR) is 102 cm³/mol. The van der Waals surface area contributed by atoms with Crippen molar-refractivity contribution in [2.24, 2.45) is 0 Å². The average molecular weight is 402 g/mol. The molecule has 148 valence electrons. The molecular weight excluding hydrogens is 380 g/mol. The van der Waals surface area contributed by atoms with Gasteiger partial charge in [0.1, 0.15) is 17.2 Å². The zero-order valence-electron chi connectivity index (χ0n) is 15.8. The fraction of sp³-hybridized carbons (Fsp3) is 0.450. The first-order valence-electron chi connectivity index (χ1n) is 9.19. The monoisotopic (exact) mass is 402 g/mol. The number of hydrogen-bond donors (Lipinski definition) is 0. The number of ether oxygens (including phenoxy) is 3. The molecule has 1 aromatic heterocycles. The summed E-state index contributed by atoms with van der Waals surface area (Å²) in [5.41, 5.74) is 1.29. The molecule has 2 atom stereocenters. The quantitative estimate of drug-likeness (QED) is 0.692. The molecule has 0 radical (unpaired) electrons. The van der Waals surface area contributed by atoms with Crippen LogP contribution in [0.4, 0.5) is 0 Å². The first kappa shape index (κ1) is 19.0. The number of esters is 1. The Kier molecular flexibility index (Phi) is 5.18. The van der Waals surface area contributed by atoms with Crippen molar-refractivity contribution in [3.63, 3.8) is 0 Å². The van der Waals surface area contributed by atoms with Crippen LogP contribution in [0.3, 0.4) is 0 Å². The van der Waals surface area contributed by atoms with E-state index in [0.717, 1.165) is 10.6 Å². The van der Waals surface area contributed by atoms with Gasteiger partial charge in [0.15, 0.2) is 5.79 Å². The smallest absolute Gasteiger partial charge is 0.339 e. The molecule has 1 aromatic carbocycles. The lowest BCUT2D eigenvalue weighted by Crippen LogP contribution is -2.39. The molecule has 7 nitrogen and oxygen atoms in total. The predicted octanol–water partition coefficient (Wildman–Crippen LogP) is 2.93. The van der Waals surface area contributed by atoms with Crippen molar-refractivity contribution in [3.05, 3.63) is 52.0 Å². The zero-order valence-corrected chi connectivity index (χ0v) is 16.6. The van der Waals surface area contributed by atoms with Gasteiger partial charge in [-0.15, -0.1) is 11.3 Å². The van der Waals surface area contributed by atoms with E-state index < -0.39 is 11.9 Å². The minimum absolute atomic E-state index is 0.0884. The van der Waals surface area contributed by atoms with Gasteiger partial charge in [0, 0.05) is 23.7 Å². The van der Waals surface area contributed by atoms with Crippen molar-refractivity contribution >= 4 is 23.2 Å². The van der Waals surface area contributed by atoms with Gasteiger partial charge in [-0.2, -0.15) is 0 Å². The number of hydrogen-bond acceptors (Lipinski definition) is 7. The van der Waals surface area contributed by atoms with Gasteiger partial charge in [-0.05, 0) is 19.9 Å². The number of carbonyl (C=O) groups excluding carboxylic acids is 2. The van der Waals surface area contributed by atoms with E-state index in [-0.39, 0.29) is 24.4 Å². The molecule has 28 heavy (non-hydrogen) atoms. The second-order valence-corrected chi connectivity index (χ2v) is 8.32. The molecule has 2 aliphatic rings. The Hall–Kier alpha value is -2.29. The van der Waals surface area contributed by atoms with Crippen molar-refractivity contribution in [3.8, 4) is 0 Å². The molecule has 8 heteroatoms. The molecule has 0 bridgehead atoms. The van der Waals surface area contributed by atoms with Crippen molar-refractivity contribution in [2.75, 3.05) is 13.2 Å². The minimum atomic E-state index is -0.652. The van der Waals surface area contributed by atoms with Gasteiger partial charge in [0.25, 0.3) is 0 Å². The maximum Gasteiger partial charge on any atom is 0.339 e. The number of rotatable bonds is 6. The van der Waals surface area contributed by atoms with Gasteiger partial charge < -0.3 is 19.1 Å². The molecule has 2 aliphatic heterocycles. The van der Waals surface area contributed by atoms with Crippen LogP contribution in [0.25, 0.3) is 0 Å². The fourth-order valence-corrected chi connectivity index (χ4v) is 4.14. The molecule has 1 amide bonds. The number of fused-ring (bicyclic) bond motifs is 1. The largest absolute Gasteiger partial charge is 0.453 e. The number of carbonyl (C=O) groups is 2. The summed E-state index contributed by atoms with van der Waals surface area (Å²) in [5.74, 6) is -1.15. The molecule has 1 saturated heterocycles. The second kappa shape index (κ2) is 7.62. The molecule has 1 fully saturated rings. The number of nitrogens with zero attached hydrogens (tertiary/aromatic N) is 2. The summed E-state index contributed by atoms with van der Waals surface area (Å²) >= 11 is 1.50. The summed E-state index contributed by atoms with van der Waals surface area (Å²) < 4.78 is 16.9. The maximum atomic E-state index is 13.1. The Morgan fingerprint density at radius 1 is 1.36 bits per heavy atom. The fourth-order valence-electron chi connectivity index (χ4n) is 3.51. The Bertz CT molecular complexity index is 867. The highest BCUT2D eigenvalue weighted by Gasteiger charge is 2.37. The SMILES string of the molecule is CC1(C)OCC(CN(Cc2nccs2)C(=O)CC2OC(=O)c3ccccc32)O1. The number of cyclic esters (lactones) is 1. The Balaban J connectivity index is 1.48. The molecule has 0 saturated carbocycles. The summed E-state index contributed by atoms with van der Waals surface area (Å²) in [6, 6.07) is 7.19. The first-order valence-corrected chi connectivity index (χ1v) is 10.1. The van der Waals surface area contributed by atoms with Gasteiger partial charge in [0.2, 0.25) is 5.91 Å². The molecule has 0 N–H and O–H groups in total. The standard InChI is InChI=1S/C20H22N2O5S/c1-20(2)25-12-13(27-20)10-22(11-17-21-7-8-28-17)18(23)9-16-14-5-3-4-6-15(14)19(24)26-16/h3-8,13,16H,9-12H2,1-2H3. The van der Waals surface area contributed by atoms with Gasteiger partial charge in [0.05, 0.1) is 25.1 Å². The molecule has 2 aromatic rings. The Morgan fingerprint density at radius 3 is 2.89 bits per heavy atom. The van der Waals surface area contributed by atoms with E-state index in [4.69, 9.17) is 14.2 Å². The maximum absolute atomic E-state index is 13.1. The van der Waals surface area contributed by atoms with Gasteiger partial charge >= 0.3 is 5.97 Å². The Morgan fingerprint density at radius 2 is 2.18 bits per heavy atom. The van der Waals surface area contributed by atoms with Gasteiger partial charge in [-0.1, -0.05) is 18.2 Å². The highest BCUT2D eigenvalue weighted by molar-refractivity contribution is 7.09. The molecule has 2 unspecified atom stereocenters. The van der Waals surface area contributed by atoms with Gasteiger partial charge in [-0.25, -0.2) is 9.78 Å². The summed E-state index contributed by atoms with van der Waals surface area (Å²) in [4.78, 5) is 31.1. The van der Waals surface area contributed by atoms with E-state index in [1.807, 2.05) is 31.4 Å². The van der Waals surface area contributed by atoms with E-state index in [0.29, 0.717) is 25.3 Å². The lowest BCUT2D eigenvalue weighted by atomic mass is 10.0. The van der Waals surface area contributed by atoms with Crippen LogP contribution in [0.15, 0.2) is 35.8 Å². The van der Waals surface area contributed by atoms with Crippen molar-refractivity contribution in [2.45, 2.75) is 44.8 Å². The summed E-state index contributed by atoms with van der Waals surface area (Å²) in [7, 11) is 0. The summed E-state index contributed by atoms with van der Waals surface area (Å²) in [6.07, 6.45) is 1.03. The van der Waals surface area contributed by atoms with E-state index in [1.54, 1.807) is 23.2 Å². The highest BCUT2D eigenvalue weighted by Crippen LogP contribution is 2.33. The van der Waals surface area contributed by atoms with E-state index in [9.17, 15) is 9.59 Å². The van der Waals surface area contributed by atoms with Crippen molar-refractivity contribution < 1.29 is 23.8 Å². The number of thiazole rings is 1. The van der Waals surface area contributed by atoms with Crippen LogP contribution in [-0.2, 0) is 25.5 Å². The highest BCUT2D eigenvalue weighted by atomic mass is 32.1. The van der Waals surface area contributed by atoms with Crippen LogP contribution in [-0.4, -0.2) is 46.8 Å². The van der Waals surface area contributed by atoms with Crippen LogP contribution < -0.4 is 0 Å².